The van der Waals surface area contributed by atoms with Crippen LogP contribution in [0.15, 0.2) is 59.4 Å². The molecule has 5 N–H and O–H groups in total. The first-order chi connectivity index (χ1) is 29.5. The van der Waals surface area contributed by atoms with Crippen molar-refractivity contribution in [2.45, 2.75) is 88.8 Å². The molecule has 5 amide bonds. The second kappa shape index (κ2) is 16.6. The minimum absolute atomic E-state index is 0.0930. The van der Waals surface area contributed by atoms with Crippen molar-refractivity contribution in [1.82, 2.24) is 29.7 Å². The molecule has 18 heteroatoms. The van der Waals surface area contributed by atoms with Gasteiger partial charge in [0.05, 0.1) is 16.7 Å². The lowest BCUT2D eigenvalue weighted by atomic mass is 9.95. The van der Waals surface area contributed by atoms with Gasteiger partial charge in [-0.3, -0.25) is 52.7 Å². The molecular weight excluding hydrogens is 817 g/mol. The monoisotopic (exact) mass is 865 g/mol. The maximum absolute atomic E-state index is 14.3. The molecule has 3 aliphatic rings. The summed E-state index contributed by atoms with van der Waals surface area (Å²) in [7, 11) is -0.0216. The van der Waals surface area contributed by atoms with Crippen molar-refractivity contribution in [3.05, 3.63) is 98.6 Å². The maximum Gasteiger partial charge on any atom is 0.396 e. The Hall–Kier alpha value is -6.16. The number of fused-ring (bicyclic) bond motifs is 2. The first kappa shape index (κ1) is 42.5. The van der Waals surface area contributed by atoms with Crippen LogP contribution in [0.1, 0.15) is 94.1 Å². The van der Waals surface area contributed by atoms with Crippen molar-refractivity contribution < 1.29 is 43.1 Å². The number of hydrogen-bond acceptors (Lipinski definition) is 8. The molecule has 0 saturated carbocycles. The van der Waals surface area contributed by atoms with Crippen molar-refractivity contribution in [1.29, 1.82) is 0 Å². The lowest BCUT2D eigenvalue weighted by molar-refractivity contribution is -0.135. The minimum Gasteiger partial charge on any atom is -0.351 e. The number of aryl methyl sites for hydroxylation is 4. The molecule has 0 spiro atoms. The number of aromatic nitrogens is 3. The molecule has 3 aromatic carbocycles. The third kappa shape index (κ3) is 8.03. The molecule has 0 bridgehead atoms. The van der Waals surface area contributed by atoms with Gasteiger partial charge in [0, 0.05) is 50.5 Å². The summed E-state index contributed by atoms with van der Waals surface area (Å²) in [4.78, 5) is 116. The molecule has 0 radical (unpaired) electrons. The summed E-state index contributed by atoms with van der Waals surface area (Å²) < 4.78 is 14.6. The summed E-state index contributed by atoms with van der Waals surface area (Å²) in [5.74, 6) is -1.98. The number of hydrogen-bond donors (Lipinski definition) is 5. The minimum atomic E-state index is -5.01. The molecule has 2 unspecified atom stereocenters. The van der Waals surface area contributed by atoms with E-state index in [1.54, 1.807) is 30.6 Å². The summed E-state index contributed by atoms with van der Waals surface area (Å²) in [5, 5.41) is 5.58. The Balaban J connectivity index is 0.912. The van der Waals surface area contributed by atoms with Crippen LogP contribution in [0.5, 0.6) is 0 Å². The Labute approximate surface area is 355 Å². The number of H-pyrrole nitrogens is 1. The molecule has 3 atom stereocenters. The number of amides is 5. The molecule has 2 aromatic heterocycles. The average molecular weight is 866 g/mol. The van der Waals surface area contributed by atoms with E-state index in [1.807, 2.05) is 18.2 Å². The molecule has 324 valence electrons. The Morgan fingerprint density at radius 3 is 2.29 bits per heavy atom. The summed E-state index contributed by atoms with van der Waals surface area (Å²) in [6.45, 7) is 0. The fourth-order valence-corrected chi connectivity index (χ4v) is 9.65. The zero-order chi connectivity index (χ0) is 44.2. The van der Waals surface area contributed by atoms with Crippen LogP contribution in [0, 0.1) is 0 Å². The van der Waals surface area contributed by atoms with Crippen LogP contribution in [-0.4, -0.2) is 90.0 Å². The van der Waals surface area contributed by atoms with E-state index in [0.717, 1.165) is 72.0 Å². The highest BCUT2D eigenvalue weighted by Crippen LogP contribution is 2.41. The molecule has 62 heavy (non-hydrogen) atoms. The number of carbonyl (C=O) groups is 6. The zero-order valence-corrected chi connectivity index (χ0v) is 35.5. The van der Waals surface area contributed by atoms with Gasteiger partial charge in [0.25, 0.3) is 11.4 Å². The normalized spacial score (nSPS) is 18.8. The van der Waals surface area contributed by atoms with Crippen molar-refractivity contribution >= 4 is 70.3 Å². The van der Waals surface area contributed by atoms with Crippen LogP contribution < -0.4 is 21.2 Å². The number of nitrogens with one attached hydrogen (secondary N) is 3. The topological polar surface area (TPSA) is 233 Å². The lowest BCUT2D eigenvalue weighted by Gasteiger charge is -2.29. The number of carbonyl (C=O) groups excluding carboxylic acids is 6. The van der Waals surface area contributed by atoms with E-state index in [2.05, 4.69) is 27.8 Å². The quantitative estimate of drug-likeness (QED) is 0.0656. The number of aromatic amines is 1. The highest BCUT2D eigenvalue weighted by Gasteiger charge is 2.45. The molecule has 3 aliphatic heterocycles. The predicted octanol–water partition coefficient (Wildman–Crippen LogP) is 3.55. The molecule has 5 aromatic rings. The van der Waals surface area contributed by atoms with E-state index in [-0.39, 0.29) is 47.5 Å². The maximum atomic E-state index is 14.3. The lowest BCUT2D eigenvalue weighted by Crippen LogP contribution is -2.54. The first-order valence-electron chi connectivity index (χ1n) is 20.8. The molecule has 17 nitrogen and oxygen atoms in total. The van der Waals surface area contributed by atoms with Gasteiger partial charge in [-0.05, 0) is 104 Å². The fourth-order valence-electron chi connectivity index (χ4n) is 9.17. The number of rotatable bonds is 13. The van der Waals surface area contributed by atoms with E-state index in [9.17, 15) is 47.9 Å². The van der Waals surface area contributed by atoms with Crippen molar-refractivity contribution in [3.8, 4) is 0 Å². The third-order valence-electron chi connectivity index (χ3n) is 12.3. The number of nitrogens with zero attached hydrogens (tertiary/aromatic N) is 4. The van der Waals surface area contributed by atoms with Gasteiger partial charge >= 0.3 is 13.3 Å². The number of imidazole rings is 1. The Morgan fingerprint density at radius 2 is 1.58 bits per heavy atom. The van der Waals surface area contributed by atoms with E-state index >= 15 is 0 Å². The summed E-state index contributed by atoms with van der Waals surface area (Å²) in [5.41, 5.74) is 4.94. The van der Waals surface area contributed by atoms with Crippen molar-refractivity contribution in [2.24, 2.45) is 7.05 Å². The molecule has 5 heterocycles. The highest BCUT2D eigenvalue weighted by molar-refractivity contribution is 7.70. The predicted molar refractivity (Wildman–Crippen MR) is 229 cm³/mol. The Bertz CT molecular complexity index is 2810. The van der Waals surface area contributed by atoms with E-state index in [4.69, 9.17) is 0 Å². The molecule has 8 rings (SSSR count). The third-order valence-corrected chi connectivity index (χ3v) is 13.1. The van der Waals surface area contributed by atoms with Crippen LogP contribution in [0.25, 0.3) is 21.9 Å². The highest BCUT2D eigenvalue weighted by atomic mass is 31.2. The Kier molecular flexibility index (Phi) is 11.4. The number of benzene rings is 3. The van der Waals surface area contributed by atoms with E-state index in [1.165, 1.54) is 33.7 Å². The van der Waals surface area contributed by atoms with Gasteiger partial charge in [-0.15, -0.1) is 0 Å². The van der Waals surface area contributed by atoms with Gasteiger partial charge in [0.15, 0.2) is 0 Å². The van der Waals surface area contributed by atoms with Gasteiger partial charge in [0.2, 0.25) is 23.6 Å². The molecule has 1 saturated heterocycles. The van der Waals surface area contributed by atoms with Crippen LogP contribution in [0.4, 0.5) is 5.69 Å². The van der Waals surface area contributed by atoms with Crippen LogP contribution in [0.3, 0.4) is 0 Å². The second-order valence-corrected chi connectivity index (χ2v) is 18.2. The van der Waals surface area contributed by atoms with Gasteiger partial charge in [-0.2, -0.15) is 0 Å². The second-order valence-electron chi connectivity index (χ2n) is 16.7. The average Bonchev–Trinajstić information content (AvgIpc) is 3.88. The molecule has 1 fully saturated rings. The summed E-state index contributed by atoms with van der Waals surface area (Å²) in [6.07, 6.45) is 7.07. The Morgan fingerprint density at radius 1 is 0.855 bits per heavy atom. The first-order valence-corrected chi connectivity index (χ1v) is 22.4. The van der Waals surface area contributed by atoms with Crippen molar-refractivity contribution in [3.63, 3.8) is 0 Å². The number of likely N-dealkylation sites (N-methyl/N-ethyl adjacent to an activating group) is 1. The number of imide groups is 1. The van der Waals surface area contributed by atoms with E-state index in [0.29, 0.717) is 35.7 Å². The van der Waals surface area contributed by atoms with Crippen LogP contribution in [-0.2, 0) is 56.5 Å². The van der Waals surface area contributed by atoms with Gasteiger partial charge in [-0.1, -0.05) is 31.0 Å². The van der Waals surface area contributed by atoms with Gasteiger partial charge in [0.1, 0.15) is 23.8 Å². The fraction of sp³-hybridized carbons (Fsp3) is 0.386. The van der Waals surface area contributed by atoms with E-state index < -0.39 is 43.1 Å². The number of unbranched alkanes of at least 4 members (excludes halogenated alkanes) is 3. The largest absolute Gasteiger partial charge is 0.396 e. The number of piperidine rings is 1. The van der Waals surface area contributed by atoms with Crippen LogP contribution in [0.2, 0.25) is 0 Å². The number of anilines is 1. The van der Waals surface area contributed by atoms with Crippen molar-refractivity contribution in [2.75, 3.05) is 19.0 Å². The zero-order valence-electron chi connectivity index (χ0n) is 34.6. The standard InChI is InChI=1S/C44H48N7O10P/c1-48(2)42(56)36-23-29-19-25(9-7-5-4-6-8-24-10-15-33-35(20-24)49(3)44(58)50(33)34-16-17-37(52)47-40(34)54)18-26-11-14-31(41(55)51(36)38(26)29)46-39(53)32-22-28-21-27(12-13-30(28)45-32)43(57)62(59,60)61/h10,12-13,15,18-22,31,34,36,45H,4-9,11,14,16-17,23H2,1-3H3,(H,46,53)(H,47,52,54)(H2,59,60,61)/t31?,34?,36-/m0/s1. The SMILES string of the molecule is CN(C)C(=O)[C@@H]1Cc2cc(CCCCCCc3ccc4c(c3)n(C)c(=O)n4C3CCC(=O)NC3=O)cc3c2N1C(=O)C(NC(=O)c1cc2cc(C(=O)P(=O)(O)O)ccc2[nH]1)CC3. The molecule has 0 aliphatic carbocycles. The molecular formula is C44H48N7O10P. The summed E-state index contributed by atoms with van der Waals surface area (Å²) >= 11 is 0. The van der Waals surface area contributed by atoms with Gasteiger partial charge in [-0.25, -0.2) is 4.79 Å². The smallest absolute Gasteiger partial charge is 0.351 e. The summed E-state index contributed by atoms with van der Waals surface area (Å²) in [6, 6.07) is 13.1. The van der Waals surface area contributed by atoms with Gasteiger partial charge < -0.3 is 25.0 Å². The van der Waals surface area contributed by atoms with Crippen LogP contribution >= 0.6 is 7.60 Å².